The average Bonchev–Trinajstić information content (AvgIpc) is 2.62. The Bertz CT molecular complexity index is 209. The Hall–Kier alpha value is 2.87. The third kappa shape index (κ3) is 72.3. The van der Waals surface area contributed by atoms with Crippen molar-refractivity contribution < 1.29 is 42.1 Å². The summed E-state index contributed by atoms with van der Waals surface area (Å²) in [6.07, 6.45) is 4.79. The van der Waals surface area contributed by atoms with Crippen LogP contribution in [0.2, 0.25) is 0 Å². The molecule has 0 N–H and O–H groups in total. The summed E-state index contributed by atoms with van der Waals surface area (Å²) in [5.74, 6) is 0. The summed E-state index contributed by atoms with van der Waals surface area (Å²) in [6, 6.07) is 0. The molecule has 0 aliphatic heterocycles. The van der Waals surface area contributed by atoms with Gasteiger partial charge in [0.05, 0.1) is 0 Å². The monoisotopic (exact) mass is 612 g/mol. The largest absolute Gasteiger partial charge is 4.00 e. The van der Waals surface area contributed by atoms with Crippen molar-refractivity contribution in [1.82, 2.24) is 0 Å². The maximum atomic E-state index is 9.72. The summed E-state index contributed by atoms with van der Waals surface area (Å²) in [7, 11) is 0. The molecule has 4 nitrogen and oxygen atoms in total. The fourth-order valence-electron chi connectivity index (χ4n) is 0.951. The van der Waals surface area contributed by atoms with Crippen LogP contribution in [0.5, 0.6) is 0 Å². The first-order valence-electron chi connectivity index (χ1n) is 8.53. The molecule has 0 aromatic carbocycles. The van der Waals surface area contributed by atoms with Crippen LogP contribution >= 0.6 is 92.8 Å². The van der Waals surface area contributed by atoms with Crippen molar-refractivity contribution in [2.45, 2.75) is 70.7 Å². The molecule has 0 fully saturated rings. The average molecular weight is 616 g/mol. The van der Waals surface area contributed by atoms with E-state index in [1.54, 1.807) is 0 Å². The second-order valence-electron chi connectivity index (χ2n) is 4.95. The van der Waals surface area contributed by atoms with E-state index in [-0.39, 0.29) is 67.5 Å². The van der Waals surface area contributed by atoms with Crippen molar-refractivity contribution in [3.05, 3.63) is 0 Å². The van der Waals surface area contributed by atoms with E-state index >= 15 is 0 Å². The van der Waals surface area contributed by atoms with Gasteiger partial charge in [-0.2, -0.15) is 0 Å². The first kappa shape index (κ1) is 42.1. The predicted octanol–water partition coefficient (Wildman–Crippen LogP) is 3.72. The Morgan fingerprint density at radius 1 is 0.379 bits per heavy atom. The number of hydrogen-bond acceptors (Lipinski definition) is 4. The minimum Gasteiger partial charge on any atom is -0.854 e. The number of alkyl halides is 8. The summed E-state index contributed by atoms with van der Waals surface area (Å²) in [5, 5.41) is 38.9. The molecule has 0 saturated heterocycles. The Kier molecular flexibility index (Phi) is 55.3. The van der Waals surface area contributed by atoms with E-state index in [1.165, 1.54) is 0 Å². The molecule has 13 heteroatoms. The van der Waals surface area contributed by atoms with Crippen LogP contribution in [0.3, 0.4) is 0 Å². The molecule has 0 saturated carbocycles. The van der Waals surface area contributed by atoms with Crippen LogP contribution in [-0.4, -0.2) is 45.8 Å². The molecule has 0 aliphatic rings. The first-order valence-corrected chi connectivity index (χ1v) is 12.0. The molecule has 0 heterocycles. The Morgan fingerprint density at radius 2 is 0.517 bits per heavy atom. The van der Waals surface area contributed by atoms with Crippen molar-refractivity contribution >= 4 is 92.8 Å². The summed E-state index contributed by atoms with van der Waals surface area (Å²) in [4.78, 5) is -1.41. The van der Waals surface area contributed by atoms with Gasteiger partial charge in [-0.05, 0) is 25.7 Å². The molecule has 0 aliphatic carbocycles. The Morgan fingerprint density at radius 3 is 0.552 bits per heavy atom. The third-order valence-corrected chi connectivity index (χ3v) is 4.01. The van der Waals surface area contributed by atoms with Gasteiger partial charge in [0.1, 0.15) is 19.3 Å². The van der Waals surface area contributed by atoms with Gasteiger partial charge in [-0.3, -0.25) is 0 Å². The number of hydrogen-bond donors (Lipinski definition) is 0. The van der Waals surface area contributed by atoms with Crippen LogP contribution in [0.15, 0.2) is 0 Å². The van der Waals surface area contributed by atoms with Gasteiger partial charge in [-0.15, -0.1) is 119 Å². The van der Waals surface area contributed by atoms with Crippen LogP contribution in [0.25, 0.3) is 0 Å². The van der Waals surface area contributed by atoms with E-state index in [2.05, 4.69) is 0 Å². The molecule has 0 unspecified atom stereocenters. The normalized spacial score (nSPS) is 9.93. The molecular weight excluding hydrogens is 588 g/mol. The summed E-state index contributed by atoms with van der Waals surface area (Å²) in [5.41, 5.74) is 0. The zero-order valence-corrected chi connectivity index (χ0v) is 23.6. The maximum Gasteiger partial charge on any atom is 4.00 e. The molecule has 0 amide bonds. The van der Waals surface area contributed by atoms with E-state index in [0.717, 1.165) is 0 Å². The van der Waals surface area contributed by atoms with Crippen LogP contribution < -0.4 is 20.4 Å². The molecular formula is C16H28Cl8O4Ti. The fraction of sp³-hybridized carbons (Fsp3) is 1.00. The zero-order valence-electron chi connectivity index (χ0n) is 16.0. The van der Waals surface area contributed by atoms with Crippen LogP contribution in [0.4, 0.5) is 0 Å². The molecule has 0 bridgehead atoms. The van der Waals surface area contributed by atoms with E-state index in [1.807, 2.05) is 0 Å². The molecule has 0 rings (SSSR count). The minimum atomic E-state index is -0.353. The van der Waals surface area contributed by atoms with E-state index in [0.29, 0.717) is 51.4 Å². The van der Waals surface area contributed by atoms with Crippen molar-refractivity contribution in [3.63, 3.8) is 0 Å². The van der Waals surface area contributed by atoms with Gasteiger partial charge in [-0.1, -0.05) is 25.7 Å². The van der Waals surface area contributed by atoms with E-state index in [9.17, 15) is 20.4 Å². The summed E-state index contributed by atoms with van der Waals surface area (Å²) in [6.45, 7) is -0.294. The van der Waals surface area contributed by atoms with Gasteiger partial charge in [0, 0.05) is 0 Å². The quantitative estimate of drug-likeness (QED) is 0.247. The van der Waals surface area contributed by atoms with Crippen LogP contribution in [0.1, 0.15) is 51.4 Å². The fourth-order valence-corrected chi connectivity index (χ4v) is 2.18. The Labute approximate surface area is 230 Å². The van der Waals surface area contributed by atoms with Gasteiger partial charge < -0.3 is 20.4 Å². The molecule has 176 valence electrons. The molecule has 0 radical (unpaired) electrons. The topological polar surface area (TPSA) is 92.2 Å². The summed E-state index contributed by atoms with van der Waals surface area (Å²) >= 11 is 42.3. The van der Waals surface area contributed by atoms with E-state index < -0.39 is 0 Å². The van der Waals surface area contributed by atoms with Crippen LogP contribution in [-0.2, 0) is 21.7 Å². The van der Waals surface area contributed by atoms with Gasteiger partial charge in [0.15, 0.2) is 0 Å². The van der Waals surface area contributed by atoms with Gasteiger partial charge in [0.25, 0.3) is 0 Å². The minimum absolute atomic E-state index is 0. The summed E-state index contributed by atoms with van der Waals surface area (Å²) < 4.78 is 0. The molecule has 0 aromatic heterocycles. The van der Waals surface area contributed by atoms with Crippen molar-refractivity contribution in [3.8, 4) is 0 Å². The Balaban J connectivity index is -0.0000000873. The second-order valence-corrected chi connectivity index (χ2v) is 10.1. The SMILES string of the molecule is [O-]CCCC(Cl)Cl.[O-]CCCC(Cl)Cl.[O-]CCCC(Cl)Cl.[O-]CCCC(Cl)Cl.[Ti+4]. The standard InChI is InChI=1S/4C4H7Cl2O.Ti/c4*5-4(6)2-1-3-7;/h4*4H,1-3H2;/q4*-1;+4. The van der Waals surface area contributed by atoms with Crippen molar-refractivity contribution in [2.75, 3.05) is 26.4 Å². The maximum absolute atomic E-state index is 9.72. The van der Waals surface area contributed by atoms with Crippen molar-refractivity contribution in [2.24, 2.45) is 0 Å². The van der Waals surface area contributed by atoms with Gasteiger partial charge >= 0.3 is 21.7 Å². The molecule has 0 aromatic rings. The molecule has 0 spiro atoms. The third-order valence-electron chi connectivity index (χ3n) is 2.27. The van der Waals surface area contributed by atoms with Crippen LogP contribution in [0, 0.1) is 0 Å². The predicted molar refractivity (Wildman–Crippen MR) is 118 cm³/mol. The smallest absolute Gasteiger partial charge is 0.854 e. The molecule has 0 atom stereocenters. The van der Waals surface area contributed by atoms with E-state index in [4.69, 9.17) is 92.8 Å². The second kappa shape index (κ2) is 38.2. The van der Waals surface area contributed by atoms with Gasteiger partial charge in [0.2, 0.25) is 0 Å². The number of halogens is 8. The van der Waals surface area contributed by atoms with Crippen molar-refractivity contribution in [1.29, 1.82) is 0 Å². The first-order chi connectivity index (χ1) is 13.1. The number of rotatable bonds is 12. The zero-order chi connectivity index (χ0) is 22.8. The van der Waals surface area contributed by atoms with Gasteiger partial charge in [-0.25, -0.2) is 0 Å². The molecule has 29 heavy (non-hydrogen) atoms.